The highest BCUT2D eigenvalue weighted by atomic mass is 35.5. The molecule has 1 saturated heterocycles. The van der Waals surface area contributed by atoms with E-state index in [-0.39, 0.29) is 11.2 Å². The van der Waals surface area contributed by atoms with Crippen molar-refractivity contribution in [2.75, 3.05) is 0 Å². The SMILES string of the molecule is CC.CC1(C)OB(c2cccnc2Cl)OC1(C)C. The largest absolute Gasteiger partial charge is 0.498 e. The summed E-state index contributed by atoms with van der Waals surface area (Å²) in [7, 11) is -0.439. The van der Waals surface area contributed by atoms with Crippen LogP contribution >= 0.6 is 11.6 Å². The van der Waals surface area contributed by atoms with Gasteiger partial charge in [-0.25, -0.2) is 4.98 Å². The molecular formula is C13H21BClNO2. The van der Waals surface area contributed by atoms with Gasteiger partial charge in [0.2, 0.25) is 0 Å². The zero-order chi connectivity index (χ0) is 14.0. The number of pyridine rings is 1. The summed E-state index contributed by atoms with van der Waals surface area (Å²) in [6.07, 6.45) is 1.65. The van der Waals surface area contributed by atoms with Crippen molar-refractivity contribution in [3.63, 3.8) is 0 Å². The minimum Gasteiger partial charge on any atom is -0.399 e. The van der Waals surface area contributed by atoms with E-state index in [9.17, 15) is 0 Å². The van der Waals surface area contributed by atoms with Crippen LogP contribution in [0.1, 0.15) is 41.5 Å². The Balaban J connectivity index is 0.000000771. The lowest BCUT2D eigenvalue weighted by Crippen LogP contribution is -2.41. The summed E-state index contributed by atoms with van der Waals surface area (Å²) in [6.45, 7) is 12.0. The third-order valence-corrected chi connectivity index (χ3v) is 3.61. The van der Waals surface area contributed by atoms with Crippen LogP contribution in [0.3, 0.4) is 0 Å². The summed E-state index contributed by atoms with van der Waals surface area (Å²) in [5.41, 5.74) is 0.0797. The molecule has 0 amide bonds. The van der Waals surface area contributed by atoms with Gasteiger partial charge in [-0.2, -0.15) is 0 Å². The van der Waals surface area contributed by atoms with Gasteiger partial charge in [-0.15, -0.1) is 0 Å². The molecule has 5 heteroatoms. The van der Waals surface area contributed by atoms with E-state index >= 15 is 0 Å². The van der Waals surface area contributed by atoms with Crippen LogP contribution < -0.4 is 5.46 Å². The monoisotopic (exact) mass is 269 g/mol. The number of hydrogen-bond donors (Lipinski definition) is 0. The molecule has 1 aromatic rings. The number of aromatic nitrogens is 1. The van der Waals surface area contributed by atoms with Crippen molar-refractivity contribution in [1.82, 2.24) is 4.98 Å². The summed E-state index contributed by atoms with van der Waals surface area (Å²) in [4.78, 5) is 4.02. The van der Waals surface area contributed by atoms with Crippen molar-refractivity contribution in [2.45, 2.75) is 52.7 Å². The van der Waals surface area contributed by atoms with E-state index in [4.69, 9.17) is 20.9 Å². The molecule has 1 fully saturated rings. The molecule has 0 saturated carbocycles. The predicted octanol–water partition coefficient (Wildman–Crippen LogP) is 3.06. The molecule has 1 aliphatic rings. The normalized spacial score (nSPS) is 20.3. The Morgan fingerprint density at radius 2 is 1.61 bits per heavy atom. The number of hydrogen-bond acceptors (Lipinski definition) is 3. The van der Waals surface area contributed by atoms with Gasteiger partial charge < -0.3 is 9.31 Å². The van der Waals surface area contributed by atoms with Crippen LogP contribution in [0.4, 0.5) is 0 Å². The molecule has 0 aliphatic carbocycles. The molecule has 2 heterocycles. The minimum absolute atomic E-state index is 0.350. The van der Waals surface area contributed by atoms with Crippen LogP contribution in [0, 0.1) is 0 Å². The highest BCUT2D eigenvalue weighted by Crippen LogP contribution is 2.36. The number of nitrogens with zero attached hydrogens (tertiary/aromatic N) is 1. The van der Waals surface area contributed by atoms with Crippen molar-refractivity contribution in [3.05, 3.63) is 23.5 Å². The maximum Gasteiger partial charge on any atom is 0.498 e. The molecule has 0 bridgehead atoms. The van der Waals surface area contributed by atoms with Crippen LogP contribution in [0.15, 0.2) is 18.3 Å². The van der Waals surface area contributed by atoms with Gasteiger partial charge in [0, 0.05) is 11.7 Å². The van der Waals surface area contributed by atoms with Crippen molar-refractivity contribution in [1.29, 1.82) is 0 Å². The molecule has 0 spiro atoms. The molecule has 0 aromatic carbocycles. The van der Waals surface area contributed by atoms with Gasteiger partial charge >= 0.3 is 7.12 Å². The Hall–Kier alpha value is -0.575. The first kappa shape index (κ1) is 15.5. The molecule has 0 N–H and O–H groups in total. The van der Waals surface area contributed by atoms with Crippen molar-refractivity contribution in [3.8, 4) is 0 Å². The second-order valence-electron chi connectivity index (χ2n) is 4.97. The quantitative estimate of drug-likeness (QED) is 0.580. The van der Waals surface area contributed by atoms with E-state index in [0.29, 0.717) is 5.15 Å². The average molecular weight is 270 g/mol. The zero-order valence-electron chi connectivity index (χ0n) is 12.0. The van der Waals surface area contributed by atoms with Gasteiger partial charge in [-0.1, -0.05) is 31.5 Å². The molecule has 3 nitrogen and oxygen atoms in total. The fraction of sp³-hybridized carbons (Fsp3) is 0.615. The Morgan fingerprint density at radius 1 is 1.11 bits per heavy atom. The molecule has 0 radical (unpaired) electrons. The predicted molar refractivity (Wildman–Crippen MR) is 76.3 cm³/mol. The van der Waals surface area contributed by atoms with Crippen LogP contribution in [-0.2, 0) is 9.31 Å². The minimum atomic E-state index is -0.439. The fourth-order valence-corrected chi connectivity index (χ4v) is 1.75. The Morgan fingerprint density at radius 3 is 2.06 bits per heavy atom. The highest BCUT2D eigenvalue weighted by Gasteiger charge is 2.52. The van der Waals surface area contributed by atoms with E-state index in [2.05, 4.69) is 4.98 Å². The third kappa shape index (κ3) is 2.87. The van der Waals surface area contributed by atoms with Crippen LogP contribution in [0.25, 0.3) is 0 Å². The summed E-state index contributed by atoms with van der Waals surface area (Å²) < 4.78 is 11.8. The fourth-order valence-electron chi connectivity index (χ4n) is 1.54. The van der Waals surface area contributed by atoms with E-state index < -0.39 is 7.12 Å². The lowest BCUT2D eigenvalue weighted by Gasteiger charge is -2.32. The van der Waals surface area contributed by atoms with Crippen LogP contribution in [0.5, 0.6) is 0 Å². The second-order valence-corrected chi connectivity index (χ2v) is 5.33. The van der Waals surface area contributed by atoms with Gasteiger partial charge in [-0.3, -0.25) is 0 Å². The summed E-state index contributed by atoms with van der Waals surface area (Å²) in [6, 6.07) is 3.70. The molecule has 0 unspecified atom stereocenters. The van der Waals surface area contributed by atoms with Crippen molar-refractivity contribution < 1.29 is 9.31 Å². The first-order chi connectivity index (χ1) is 8.33. The Bertz CT molecular complexity index is 394. The molecule has 18 heavy (non-hydrogen) atoms. The Labute approximate surface area is 115 Å². The number of halogens is 1. The van der Waals surface area contributed by atoms with E-state index in [1.165, 1.54) is 0 Å². The van der Waals surface area contributed by atoms with Crippen LogP contribution in [-0.4, -0.2) is 23.3 Å². The standard InChI is InChI=1S/C11H15BClNO2.C2H6/c1-10(2)11(3,4)16-12(15-10)8-6-5-7-14-9(8)13;1-2/h5-7H,1-4H3;1-2H3. The third-order valence-electron chi connectivity index (χ3n) is 3.30. The molecule has 1 aliphatic heterocycles. The molecule has 1 aromatic heterocycles. The van der Waals surface area contributed by atoms with Gasteiger partial charge in [0.05, 0.1) is 11.2 Å². The zero-order valence-corrected chi connectivity index (χ0v) is 12.7. The van der Waals surface area contributed by atoms with Gasteiger partial charge in [0.15, 0.2) is 0 Å². The molecule has 100 valence electrons. The van der Waals surface area contributed by atoms with E-state index in [1.807, 2.05) is 53.7 Å². The summed E-state index contributed by atoms with van der Waals surface area (Å²) >= 11 is 6.02. The maximum absolute atomic E-state index is 6.02. The summed E-state index contributed by atoms with van der Waals surface area (Å²) in [5, 5.41) is 0.431. The van der Waals surface area contributed by atoms with Crippen molar-refractivity contribution in [2.24, 2.45) is 0 Å². The van der Waals surface area contributed by atoms with Crippen LogP contribution in [0.2, 0.25) is 5.15 Å². The van der Waals surface area contributed by atoms with E-state index in [0.717, 1.165) is 5.46 Å². The second kappa shape index (κ2) is 5.60. The smallest absolute Gasteiger partial charge is 0.399 e. The molecule has 0 atom stereocenters. The maximum atomic E-state index is 6.02. The highest BCUT2D eigenvalue weighted by molar-refractivity contribution is 6.65. The lowest BCUT2D eigenvalue weighted by atomic mass is 9.80. The average Bonchev–Trinajstić information content (AvgIpc) is 2.51. The topological polar surface area (TPSA) is 31.4 Å². The lowest BCUT2D eigenvalue weighted by molar-refractivity contribution is 0.00578. The van der Waals surface area contributed by atoms with E-state index in [1.54, 1.807) is 6.20 Å². The van der Waals surface area contributed by atoms with Gasteiger partial charge in [0.1, 0.15) is 5.15 Å². The first-order valence-electron chi connectivity index (χ1n) is 6.29. The molecule has 2 rings (SSSR count). The summed E-state index contributed by atoms with van der Waals surface area (Å²) in [5.74, 6) is 0. The molecular weight excluding hydrogens is 248 g/mol. The van der Waals surface area contributed by atoms with Crippen molar-refractivity contribution >= 4 is 24.2 Å². The Kier molecular flexibility index (Phi) is 4.81. The first-order valence-corrected chi connectivity index (χ1v) is 6.67. The van der Waals surface area contributed by atoms with Gasteiger partial charge in [-0.05, 0) is 33.8 Å². The number of rotatable bonds is 1. The van der Waals surface area contributed by atoms with Gasteiger partial charge in [0.25, 0.3) is 0 Å².